The van der Waals surface area contributed by atoms with Gasteiger partial charge in [0.25, 0.3) is 0 Å². The van der Waals surface area contributed by atoms with E-state index in [4.69, 9.17) is 19.2 Å². The third-order valence-electron chi connectivity index (χ3n) is 6.47. The number of allylic oxidation sites excluding steroid dienone is 2. The number of carbonyl (C=O) groups excluding carboxylic acids is 2. The van der Waals surface area contributed by atoms with E-state index in [9.17, 15) is 14.7 Å². The maximum absolute atomic E-state index is 13.5. The second-order valence-corrected chi connectivity index (χ2v) is 8.33. The van der Waals surface area contributed by atoms with Crippen LogP contribution >= 0.6 is 0 Å². The molecular formula is C26H27NO6. The Morgan fingerprint density at radius 3 is 2.27 bits per heavy atom. The minimum absolute atomic E-state index is 0.0423. The van der Waals surface area contributed by atoms with E-state index in [1.54, 1.807) is 45.4 Å². The van der Waals surface area contributed by atoms with Gasteiger partial charge in [-0.05, 0) is 54.7 Å². The Hall–Kier alpha value is -3.61. The predicted molar refractivity (Wildman–Crippen MR) is 123 cm³/mol. The molecular weight excluding hydrogens is 422 g/mol. The number of Topliss-reactive ketones (excluding diaryl/α,β-unsaturated/α-hetero) is 1. The Morgan fingerprint density at radius 1 is 0.970 bits per heavy atom. The van der Waals surface area contributed by atoms with E-state index >= 15 is 0 Å². The lowest BCUT2D eigenvalue weighted by atomic mass is 9.69. The van der Waals surface area contributed by atoms with Gasteiger partial charge in [0.15, 0.2) is 17.3 Å². The first-order valence-electron chi connectivity index (χ1n) is 10.8. The minimum Gasteiger partial charge on any atom is -0.508 e. The topological polar surface area (TPSA) is 94.4 Å². The lowest BCUT2D eigenvalue weighted by Gasteiger charge is -2.36. The van der Waals surface area contributed by atoms with Crippen LogP contribution in [0.5, 0.6) is 17.2 Å². The molecule has 7 heteroatoms. The van der Waals surface area contributed by atoms with Crippen LogP contribution in [0, 0.1) is 5.92 Å². The lowest BCUT2D eigenvalue weighted by Crippen LogP contribution is -2.37. The molecule has 4 rings (SSSR count). The number of methoxy groups -OCH3 is 3. The van der Waals surface area contributed by atoms with Crippen molar-refractivity contribution < 1.29 is 28.9 Å². The lowest BCUT2D eigenvalue weighted by molar-refractivity contribution is -0.143. The van der Waals surface area contributed by atoms with E-state index in [-0.39, 0.29) is 17.5 Å². The van der Waals surface area contributed by atoms with Crippen molar-refractivity contribution in [1.29, 1.82) is 0 Å². The van der Waals surface area contributed by atoms with Crippen LogP contribution in [0.2, 0.25) is 0 Å². The number of hydrogen-bond acceptors (Lipinski definition) is 7. The van der Waals surface area contributed by atoms with Gasteiger partial charge in [-0.25, -0.2) is 0 Å². The molecule has 0 bridgehead atoms. The second-order valence-electron chi connectivity index (χ2n) is 8.33. The zero-order valence-corrected chi connectivity index (χ0v) is 19.1. The number of carbonyl (C=O) groups is 2. The van der Waals surface area contributed by atoms with E-state index in [0.717, 1.165) is 11.1 Å². The van der Waals surface area contributed by atoms with Gasteiger partial charge in [0, 0.05) is 29.3 Å². The number of rotatable bonds is 5. The first kappa shape index (κ1) is 22.6. The number of phenols is 1. The largest absolute Gasteiger partial charge is 0.508 e. The van der Waals surface area contributed by atoms with Crippen molar-refractivity contribution in [2.24, 2.45) is 10.9 Å². The van der Waals surface area contributed by atoms with Crippen LogP contribution in [-0.2, 0) is 14.3 Å². The average Bonchev–Trinajstić information content (AvgIpc) is 2.82. The fraction of sp³-hybridized carbons (Fsp3) is 0.346. The number of ketones is 1. The Labute approximate surface area is 192 Å². The smallest absolute Gasteiger partial charge is 0.315 e. The number of aliphatic imine (C=N–C) groups is 1. The Kier molecular flexibility index (Phi) is 6.22. The zero-order valence-electron chi connectivity index (χ0n) is 19.1. The number of ether oxygens (including phenoxy) is 3. The van der Waals surface area contributed by atoms with Crippen molar-refractivity contribution in [3.8, 4) is 17.2 Å². The highest BCUT2D eigenvalue weighted by molar-refractivity contribution is 6.09. The normalized spacial score (nSPS) is 22.4. The number of hydrogen-bond donors (Lipinski definition) is 1. The summed E-state index contributed by atoms with van der Waals surface area (Å²) in [5, 5.41) is 9.74. The van der Waals surface area contributed by atoms with Gasteiger partial charge in [-0.1, -0.05) is 18.2 Å². The monoisotopic (exact) mass is 449 g/mol. The summed E-state index contributed by atoms with van der Waals surface area (Å²) in [6.45, 7) is 1.79. The number of phenolic OH excluding ortho intramolecular Hbond substituents is 1. The standard InChI is InChI=1S/C26H27NO6/c1-14-23(26(30)33-4)24(15-5-8-18(28)9-6-15)25-19(27-14)11-17(12-20(25)29)16-7-10-21(31-2)22(13-16)32-3/h5-10,13,17,23-24,28H,11-12H2,1-4H3/t17-,23?,24-/m1/s1. The second kappa shape index (κ2) is 9.10. The van der Waals surface area contributed by atoms with E-state index in [0.29, 0.717) is 41.3 Å². The molecule has 2 aliphatic rings. The molecule has 0 aromatic heterocycles. The van der Waals surface area contributed by atoms with Gasteiger partial charge in [0.1, 0.15) is 11.7 Å². The van der Waals surface area contributed by atoms with Crippen LogP contribution < -0.4 is 9.47 Å². The number of esters is 1. The summed E-state index contributed by atoms with van der Waals surface area (Å²) in [6.07, 6.45) is 0.863. The quantitative estimate of drug-likeness (QED) is 0.689. The molecule has 0 radical (unpaired) electrons. The average molecular weight is 450 g/mol. The van der Waals surface area contributed by atoms with E-state index in [1.165, 1.54) is 7.11 Å². The molecule has 1 unspecified atom stereocenters. The summed E-state index contributed by atoms with van der Waals surface area (Å²) in [5.74, 6) is -0.393. The molecule has 0 fully saturated rings. The number of aromatic hydroxyl groups is 1. The SMILES string of the molecule is COC(=O)C1C(C)=NC2=C(C(=O)C[C@H](c3ccc(OC)c(OC)c3)C2)[C@@H]1c1ccc(O)cc1. The van der Waals surface area contributed by atoms with Crippen LogP contribution in [0.25, 0.3) is 0 Å². The summed E-state index contributed by atoms with van der Waals surface area (Å²) in [6, 6.07) is 12.3. The molecule has 2 aromatic rings. The molecule has 0 amide bonds. The highest BCUT2D eigenvalue weighted by Crippen LogP contribution is 2.47. The Bertz CT molecular complexity index is 1150. The molecule has 1 aliphatic carbocycles. The van der Waals surface area contributed by atoms with Gasteiger partial charge < -0.3 is 19.3 Å². The van der Waals surface area contributed by atoms with Gasteiger partial charge in [-0.3, -0.25) is 14.6 Å². The van der Waals surface area contributed by atoms with Gasteiger partial charge in [-0.15, -0.1) is 0 Å². The van der Waals surface area contributed by atoms with Crippen molar-refractivity contribution in [2.45, 2.75) is 31.6 Å². The molecule has 7 nitrogen and oxygen atoms in total. The fourth-order valence-electron chi connectivity index (χ4n) is 4.88. The van der Waals surface area contributed by atoms with Crippen LogP contribution in [0.4, 0.5) is 0 Å². The van der Waals surface area contributed by atoms with Crippen molar-refractivity contribution in [2.75, 3.05) is 21.3 Å². The molecule has 0 spiro atoms. The number of benzene rings is 2. The molecule has 172 valence electrons. The van der Waals surface area contributed by atoms with Gasteiger partial charge in [0.05, 0.1) is 21.3 Å². The maximum Gasteiger partial charge on any atom is 0.315 e. The Balaban J connectivity index is 1.78. The fourth-order valence-corrected chi connectivity index (χ4v) is 4.88. The summed E-state index contributed by atoms with van der Waals surface area (Å²) < 4.78 is 15.8. The maximum atomic E-state index is 13.5. The van der Waals surface area contributed by atoms with Crippen molar-refractivity contribution in [3.05, 3.63) is 64.9 Å². The first-order valence-corrected chi connectivity index (χ1v) is 10.8. The summed E-state index contributed by atoms with van der Waals surface area (Å²) in [4.78, 5) is 31.0. The summed E-state index contributed by atoms with van der Waals surface area (Å²) in [7, 11) is 4.50. The zero-order chi connectivity index (χ0) is 23.7. The highest BCUT2D eigenvalue weighted by Gasteiger charge is 2.44. The van der Waals surface area contributed by atoms with E-state index < -0.39 is 17.8 Å². The van der Waals surface area contributed by atoms with Crippen LogP contribution in [0.3, 0.4) is 0 Å². The van der Waals surface area contributed by atoms with E-state index in [2.05, 4.69) is 0 Å². The summed E-state index contributed by atoms with van der Waals surface area (Å²) >= 11 is 0. The Morgan fingerprint density at radius 2 is 1.64 bits per heavy atom. The third-order valence-corrected chi connectivity index (χ3v) is 6.47. The molecule has 1 aliphatic heterocycles. The molecule has 0 saturated heterocycles. The third kappa shape index (κ3) is 4.11. The van der Waals surface area contributed by atoms with Gasteiger partial charge in [-0.2, -0.15) is 0 Å². The molecule has 2 aromatic carbocycles. The van der Waals surface area contributed by atoms with Crippen LogP contribution in [0.1, 0.15) is 42.7 Å². The van der Waals surface area contributed by atoms with Crippen LogP contribution in [0.15, 0.2) is 58.7 Å². The molecule has 3 atom stereocenters. The van der Waals surface area contributed by atoms with Gasteiger partial charge in [0.2, 0.25) is 0 Å². The van der Waals surface area contributed by atoms with E-state index in [1.807, 2.05) is 18.2 Å². The van der Waals surface area contributed by atoms with Crippen molar-refractivity contribution in [1.82, 2.24) is 0 Å². The minimum atomic E-state index is -0.695. The predicted octanol–water partition coefficient (Wildman–Crippen LogP) is 4.16. The molecule has 1 heterocycles. The number of nitrogens with zero attached hydrogens (tertiary/aromatic N) is 1. The van der Waals surface area contributed by atoms with Crippen molar-refractivity contribution >= 4 is 17.5 Å². The molecule has 0 saturated carbocycles. The highest BCUT2D eigenvalue weighted by atomic mass is 16.5. The first-order chi connectivity index (χ1) is 15.9. The molecule has 33 heavy (non-hydrogen) atoms. The van der Waals surface area contributed by atoms with Crippen molar-refractivity contribution in [3.63, 3.8) is 0 Å². The van der Waals surface area contributed by atoms with Gasteiger partial charge >= 0.3 is 5.97 Å². The van der Waals surface area contributed by atoms with Crippen LogP contribution in [-0.4, -0.2) is 43.9 Å². The molecule has 1 N–H and O–H groups in total. The summed E-state index contributed by atoms with van der Waals surface area (Å²) in [5.41, 5.74) is 3.60.